The van der Waals surface area contributed by atoms with Crippen molar-refractivity contribution in [2.45, 2.75) is 30.8 Å². The van der Waals surface area contributed by atoms with Gasteiger partial charge in [0, 0.05) is 6.54 Å². The smallest absolute Gasteiger partial charge is 0.241 e. The topological polar surface area (TPSA) is 107 Å². The van der Waals surface area contributed by atoms with E-state index in [9.17, 15) is 13.2 Å². The van der Waals surface area contributed by atoms with Crippen molar-refractivity contribution < 1.29 is 27.1 Å². The van der Waals surface area contributed by atoms with E-state index in [-0.39, 0.29) is 30.6 Å². The number of carbonyl (C=O) groups excluding carboxylic acids is 1. The zero-order valence-corrected chi connectivity index (χ0v) is 17.6. The normalized spacial score (nSPS) is 13.7. The highest BCUT2D eigenvalue weighted by Crippen LogP contribution is 2.32. The van der Waals surface area contributed by atoms with Gasteiger partial charge in [-0.25, -0.2) is 8.42 Å². The lowest BCUT2D eigenvalue weighted by Gasteiger charge is -2.17. The number of ether oxygens (including phenoxy) is 2. The van der Waals surface area contributed by atoms with E-state index in [1.165, 1.54) is 18.4 Å². The Kier molecular flexibility index (Phi) is 5.97. The Labute approximate surface area is 180 Å². The van der Waals surface area contributed by atoms with Crippen LogP contribution in [0, 0.1) is 6.92 Å². The molecule has 2 aromatic carbocycles. The summed E-state index contributed by atoms with van der Waals surface area (Å²) in [4.78, 5) is 12.7. The minimum absolute atomic E-state index is 0.121. The van der Waals surface area contributed by atoms with Crippen LogP contribution in [0.15, 0.2) is 70.2 Å². The number of carbonyl (C=O) groups is 1. The molecule has 1 aliphatic rings. The van der Waals surface area contributed by atoms with E-state index in [1.54, 1.807) is 36.4 Å². The fourth-order valence-corrected chi connectivity index (χ4v) is 4.38. The van der Waals surface area contributed by atoms with Crippen LogP contribution in [0.2, 0.25) is 0 Å². The van der Waals surface area contributed by atoms with Gasteiger partial charge in [-0.1, -0.05) is 23.8 Å². The van der Waals surface area contributed by atoms with Crippen molar-refractivity contribution in [2.75, 3.05) is 6.79 Å². The molecular formula is C22H22N2O6S. The Morgan fingerprint density at radius 3 is 2.58 bits per heavy atom. The molecule has 0 spiro atoms. The third-order valence-corrected chi connectivity index (χ3v) is 6.32. The van der Waals surface area contributed by atoms with E-state index in [0.29, 0.717) is 17.3 Å². The predicted octanol–water partition coefficient (Wildman–Crippen LogP) is 3.04. The SMILES string of the molecule is Cc1ccc(S(=O)(=O)NC(CC(=O)NCc2ccc3c(c2)OCO3)c2ccco2)cc1. The lowest BCUT2D eigenvalue weighted by molar-refractivity contribution is -0.121. The van der Waals surface area contributed by atoms with Crippen LogP contribution in [0.25, 0.3) is 0 Å². The van der Waals surface area contributed by atoms with Crippen molar-refractivity contribution in [3.63, 3.8) is 0 Å². The molecule has 1 aliphatic heterocycles. The largest absolute Gasteiger partial charge is 0.468 e. The molecule has 8 nitrogen and oxygen atoms in total. The molecular weight excluding hydrogens is 420 g/mol. The summed E-state index contributed by atoms with van der Waals surface area (Å²) >= 11 is 0. The molecule has 0 aliphatic carbocycles. The van der Waals surface area contributed by atoms with Crippen LogP contribution < -0.4 is 19.5 Å². The quantitative estimate of drug-likeness (QED) is 0.555. The average Bonchev–Trinajstić information content (AvgIpc) is 3.43. The van der Waals surface area contributed by atoms with Crippen LogP contribution in [0.1, 0.15) is 29.3 Å². The van der Waals surface area contributed by atoms with Crippen molar-refractivity contribution >= 4 is 15.9 Å². The molecule has 3 aromatic rings. The first-order valence-corrected chi connectivity index (χ1v) is 11.2. The summed E-state index contributed by atoms with van der Waals surface area (Å²) in [6.45, 7) is 2.32. The maximum Gasteiger partial charge on any atom is 0.241 e. The second-order valence-electron chi connectivity index (χ2n) is 7.17. The van der Waals surface area contributed by atoms with E-state index < -0.39 is 16.1 Å². The summed E-state index contributed by atoms with van der Waals surface area (Å²) in [5.41, 5.74) is 1.79. The Bertz CT molecular complexity index is 1160. The van der Waals surface area contributed by atoms with Crippen LogP contribution in [0.3, 0.4) is 0 Å². The summed E-state index contributed by atoms with van der Waals surface area (Å²) in [5.74, 6) is 1.32. The lowest BCUT2D eigenvalue weighted by atomic mass is 10.1. The summed E-state index contributed by atoms with van der Waals surface area (Å²) in [5, 5.41) is 2.80. The predicted molar refractivity (Wildman–Crippen MR) is 112 cm³/mol. The molecule has 0 bridgehead atoms. The van der Waals surface area contributed by atoms with E-state index in [4.69, 9.17) is 13.9 Å². The average molecular weight is 442 g/mol. The van der Waals surface area contributed by atoms with Gasteiger partial charge in [0.2, 0.25) is 22.7 Å². The van der Waals surface area contributed by atoms with Crippen LogP contribution in [0.4, 0.5) is 0 Å². The maximum atomic E-state index is 12.8. The molecule has 31 heavy (non-hydrogen) atoms. The molecule has 9 heteroatoms. The molecule has 0 radical (unpaired) electrons. The summed E-state index contributed by atoms with van der Waals surface area (Å²) < 4.78 is 44.2. The molecule has 1 atom stereocenters. The van der Waals surface area contributed by atoms with Crippen LogP contribution in [-0.2, 0) is 21.4 Å². The minimum Gasteiger partial charge on any atom is -0.468 e. The number of benzene rings is 2. The van der Waals surface area contributed by atoms with Gasteiger partial charge >= 0.3 is 0 Å². The molecule has 0 fully saturated rings. The van der Waals surface area contributed by atoms with E-state index >= 15 is 0 Å². The maximum absolute atomic E-state index is 12.8. The monoisotopic (exact) mass is 442 g/mol. The van der Waals surface area contributed by atoms with Gasteiger partial charge < -0.3 is 19.2 Å². The highest BCUT2D eigenvalue weighted by atomic mass is 32.2. The molecule has 2 heterocycles. The highest BCUT2D eigenvalue weighted by molar-refractivity contribution is 7.89. The Morgan fingerprint density at radius 2 is 1.84 bits per heavy atom. The van der Waals surface area contributed by atoms with Crippen molar-refractivity contribution in [1.29, 1.82) is 0 Å². The van der Waals surface area contributed by atoms with Crippen molar-refractivity contribution in [1.82, 2.24) is 10.0 Å². The van der Waals surface area contributed by atoms with Gasteiger partial charge in [-0.15, -0.1) is 0 Å². The number of hydrogen-bond donors (Lipinski definition) is 2. The summed E-state index contributed by atoms with van der Waals surface area (Å²) in [7, 11) is -3.84. The number of sulfonamides is 1. The molecule has 4 rings (SSSR count). The first-order chi connectivity index (χ1) is 14.9. The Morgan fingerprint density at radius 1 is 1.06 bits per heavy atom. The van der Waals surface area contributed by atoms with Gasteiger partial charge in [0.1, 0.15) is 5.76 Å². The van der Waals surface area contributed by atoms with E-state index in [0.717, 1.165) is 11.1 Å². The molecule has 2 N–H and O–H groups in total. The first kappa shape index (κ1) is 21.0. The second kappa shape index (κ2) is 8.83. The van der Waals surface area contributed by atoms with Gasteiger partial charge in [-0.2, -0.15) is 4.72 Å². The summed E-state index contributed by atoms with van der Waals surface area (Å²) in [6, 6.07) is 14.3. The standard InChI is InChI=1S/C22H22N2O6S/c1-15-4-7-17(8-5-15)31(26,27)24-18(19-3-2-10-28-19)12-22(25)23-13-16-6-9-20-21(11-16)30-14-29-20/h2-11,18,24H,12-14H2,1H3,(H,23,25). The Hall–Kier alpha value is -3.30. The molecule has 0 saturated carbocycles. The number of amides is 1. The van der Waals surface area contributed by atoms with Crippen molar-refractivity contribution in [3.8, 4) is 11.5 Å². The molecule has 1 aromatic heterocycles. The van der Waals surface area contributed by atoms with E-state index in [1.807, 2.05) is 13.0 Å². The van der Waals surface area contributed by atoms with Gasteiger partial charge in [-0.05, 0) is 48.9 Å². The zero-order chi connectivity index (χ0) is 21.8. The minimum atomic E-state index is -3.84. The molecule has 162 valence electrons. The Balaban J connectivity index is 1.43. The van der Waals surface area contributed by atoms with Gasteiger partial charge in [0.15, 0.2) is 11.5 Å². The van der Waals surface area contributed by atoms with Crippen LogP contribution in [0.5, 0.6) is 11.5 Å². The number of rotatable bonds is 8. The number of furan rings is 1. The third-order valence-electron chi connectivity index (χ3n) is 4.83. The number of aryl methyl sites for hydroxylation is 1. The van der Waals surface area contributed by atoms with Gasteiger partial charge in [-0.3, -0.25) is 4.79 Å². The zero-order valence-electron chi connectivity index (χ0n) is 16.8. The number of hydrogen-bond acceptors (Lipinski definition) is 6. The fraction of sp³-hybridized carbons (Fsp3) is 0.227. The van der Waals surface area contributed by atoms with Gasteiger partial charge in [0.25, 0.3) is 0 Å². The number of nitrogens with one attached hydrogen (secondary N) is 2. The molecule has 1 unspecified atom stereocenters. The van der Waals surface area contributed by atoms with Crippen LogP contribution in [-0.4, -0.2) is 21.1 Å². The highest BCUT2D eigenvalue weighted by Gasteiger charge is 2.25. The number of fused-ring (bicyclic) bond motifs is 1. The van der Waals surface area contributed by atoms with Crippen LogP contribution >= 0.6 is 0 Å². The fourth-order valence-electron chi connectivity index (χ4n) is 3.17. The molecule has 1 amide bonds. The van der Waals surface area contributed by atoms with Crippen molar-refractivity contribution in [2.24, 2.45) is 0 Å². The lowest BCUT2D eigenvalue weighted by Crippen LogP contribution is -2.33. The second-order valence-corrected chi connectivity index (χ2v) is 8.88. The molecule has 0 saturated heterocycles. The van der Waals surface area contributed by atoms with E-state index in [2.05, 4.69) is 10.0 Å². The third kappa shape index (κ3) is 5.07. The van der Waals surface area contributed by atoms with Gasteiger partial charge in [0.05, 0.1) is 23.6 Å². The van der Waals surface area contributed by atoms with Crippen molar-refractivity contribution in [3.05, 3.63) is 77.7 Å². The summed E-state index contributed by atoms with van der Waals surface area (Å²) in [6.07, 6.45) is 1.32. The first-order valence-electron chi connectivity index (χ1n) is 9.68.